The Labute approximate surface area is 152 Å². The molecule has 0 unspecified atom stereocenters. The van der Waals surface area contributed by atoms with Crippen molar-refractivity contribution in [2.24, 2.45) is 0 Å². The number of hydrogen-bond donors (Lipinski definition) is 2. The predicted molar refractivity (Wildman–Crippen MR) is 98.2 cm³/mol. The number of benzene rings is 2. The molecule has 0 radical (unpaired) electrons. The van der Waals surface area contributed by atoms with E-state index in [9.17, 15) is 14.4 Å². The topological polar surface area (TPSA) is 108 Å². The number of amides is 1. The second kappa shape index (κ2) is 7.25. The van der Waals surface area contributed by atoms with Gasteiger partial charge in [-0.3, -0.25) is 19.5 Å². The van der Waals surface area contributed by atoms with E-state index in [-0.39, 0.29) is 35.0 Å². The highest BCUT2D eigenvalue weighted by molar-refractivity contribution is 6.32. The van der Waals surface area contributed by atoms with Gasteiger partial charge in [-0.1, -0.05) is 23.7 Å². The molecule has 3 aromatic rings. The Bertz CT molecular complexity index is 1160. The molecular formula is C18H13ClN4O3. The van der Waals surface area contributed by atoms with E-state index >= 15 is 0 Å². The van der Waals surface area contributed by atoms with Crippen molar-refractivity contribution in [2.75, 3.05) is 5.32 Å². The number of rotatable bonds is 4. The Balaban J connectivity index is 1.74. The quantitative estimate of drug-likeness (QED) is 0.736. The summed E-state index contributed by atoms with van der Waals surface area (Å²) < 4.78 is 1.12. The molecule has 0 aliphatic carbocycles. The zero-order valence-electron chi connectivity index (χ0n) is 13.5. The number of H-pyrrole nitrogens is 1. The Kier molecular flexibility index (Phi) is 4.87. The van der Waals surface area contributed by atoms with Crippen molar-refractivity contribution in [1.29, 1.82) is 5.26 Å². The molecule has 1 heterocycles. The Morgan fingerprint density at radius 1 is 1.19 bits per heavy atom. The van der Waals surface area contributed by atoms with Gasteiger partial charge in [0.2, 0.25) is 5.91 Å². The van der Waals surface area contributed by atoms with Crippen molar-refractivity contribution >= 4 is 34.0 Å². The number of anilines is 1. The second-order valence-corrected chi connectivity index (χ2v) is 5.96. The van der Waals surface area contributed by atoms with Crippen LogP contribution in [0.25, 0.3) is 10.8 Å². The van der Waals surface area contributed by atoms with Crippen LogP contribution in [-0.2, 0) is 11.3 Å². The molecule has 26 heavy (non-hydrogen) atoms. The summed E-state index contributed by atoms with van der Waals surface area (Å²) >= 11 is 5.92. The fourth-order valence-electron chi connectivity index (χ4n) is 2.52. The number of halogens is 1. The molecule has 0 saturated carbocycles. The highest BCUT2D eigenvalue weighted by atomic mass is 35.5. The third kappa shape index (κ3) is 3.50. The third-order valence-corrected chi connectivity index (χ3v) is 4.13. The van der Waals surface area contributed by atoms with Crippen molar-refractivity contribution in [2.45, 2.75) is 13.0 Å². The van der Waals surface area contributed by atoms with E-state index in [1.807, 2.05) is 6.07 Å². The van der Waals surface area contributed by atoms with E-state index in [2.05, 4.69) is 10.4 Å². The summed E-state index contributed by atoms with van der Waals surface area (Å²) in [5.74, 6) is -0.355. The number of nitrogens with zero attached hydrogens (tertiary/aromatic N) is 2. The lowest BCUT2D eigenvalue weighted by atomic mass is 10.2. The van der Waals surface area contributed by atoms with Crippen LogP contribution in [0.3, 0.4) is 0 Å². The molecule has 0 atom stereocenters. The first-order chi connectivity index (χ1) is 12.5. The van der Waals surface area contributed by atoms with Gasteiger partial charge in [0.1, 0.15) is 6.07 Å². The molecule has 0 aliphatic rings. The molecule has 0 saturated heterocycles. The number of nitriles is 1. The molecule has 7 nitrogen and oxygen atoms in total. The monoisotopic (exact) mass is 368 g/mol. The number of fused-ring (bicyclic) bond motifs is 1. The zero-order valence-corrected chi connectivity index (χ0v) is 14.2. The Morgan fingerprint density at radius 2 is 1.92 bits per heavy atom. The van der Waals surface area contributed by atoms with Crippen LogP contribution in [0.4, 0.5) is 5.69 Å². The molecule has 8 heteroatoms. The summed E-state index contributed by atoms with van der Waals surface area (Å²) in [6.45, 7) is 0.0226. The average Bonchev–Trinajstić information content (AvgIpc) is 2.64. The van der Waals surface area contributed by atoms with Gasteiger partial charge in [-0.15, -0.1) is 0 Å². The van der Waals surface area contributed by atoms with Crippen molar-refractivity contribution in [1.82, 2.24) is 9.78 Å². The van der Waals surface area contributed by atoms with Crippen molar-refractivity contribution in [3.05, 3.63) is 73.8 Å². The lowest BCUT2D eigenvalue weighted by Gasteiger charge is -2.08. The van der Waals surface area contributed by atoms with Gasteiger partial charge < -0.3 is 5.32 Å². The summed E-state index contributed by atoms with van der Waals surface area (Å²) in [4.78, 5) is 36.5. The molecule has 0 fully saturated rings. The van der Waals surface area contributed by atoms with Gasteiger partial charge in [0.15, 0.2) is 0 Å². The molecule has 0 bridgehead atoms. The third-order valence-electron chi connectivity index (χ3n) is 3.82. The molecular weight excluding hydrogens is 356 g/mol. The molecule has 1 amide bonds. The minimum absolute atomic E-state index is 0.0220. The van der Waals surface area contributed by atoms with Gasteiger partial charge in [-0.25, -0.2) is 4.68 Å². The maximum Gasteiger partial charge on any atom is 0.273 e. The number of carbonyl (C=O) groups is 1. The number of aromatic amines is 1. The molecule has 3 rings (SSSR count). The van der Waals surface area contributed by atoms with Gasteiger partial charge in [0.05, 0.1) is 27.9 Å². The van der Waals surface area contributed by atoms with E-state index in [0.29, 0.717) is 22.0 Å². The highest BCUT2D eigenvalue weighted by Crippen LogP contribution is 2.20. The molecule has 2 N–H and O–H groups in total. The van der Waals surface area contributed by atoms with Crippen LogP contribution in [0.2, 0.25) is 5.02 Å². The first-order valence-corrected chi connectivity index (χ1v) is 8.09. The van der Waals surface area contributed by atoms with E-state index in [1.54, 1.807) is 30.3 Å². The fourth-order valence-corrected chi connectivity index (χ4v) is 2.75. The summed E-state index contributed by atoms with van der Waals surface area (Å²) in [6.07, 6.45) is -0.0220. The van der Waals surface area contributed by atoms with Crippen LogP contribution in [-0.4, -0.2) is 15.7 Å². The number of carbonyl (C=O) groups excluding carboxylic acids is 1. The van der Waals surface area contributed by atoms with Crippen LogP contribution in [0.1, 0.15) is 12.0 Å². The first-order valence-electron chi connectivity index (χ1n) is 7.71. The van der Waals surface area contributed by atoms with E-state index in [0.717, 1.165) is 4.68 Å². The lowest BCUT2D eigenvalue weighted by Crippen LogP contribution is -2.31. The minimum Gasteiger partial charge on any atom is -0.326 e. The van der Waals surface area contributed by atoms with Gasteiger partial charge in [0, 0.05) is 12.1 Å². The zero-order chi connectivity index (χ0) is 18.7. The van der Waals surface area contributed by atoms with Gasteiger partial charge in [-0.05, 0) is 30.3 Å². The Morgan fingerprint density at radius 3 is 2.62 bits per heavy atom. The molecule has 1 aromatic heterocycles. The first kappa shape index (κ1) is 17.5. The van der Waals surface area contributed by atoms with Crippen molar-refractivity contribution in [3.63, 3.8) is 0 Å². The Hall–Kier alpha value is -3.37. The number of aromatic nitrogens is 2. The van der Waals surface area contributed by atoms with Gasteiger partial charge >= 0.3 is 0 Å². The lowest BCUT2D eigenvalue weighted by molar-refractivity contribution is -0.116. The van der Waals surface area contributed by atoms with E-state index < -0.39 is 0 Å². The number of nitrogens with one attached hydrogen (secondary N) is 2. The van der Waals surface area contributed by atoms with Crippen LogP contribution in [0.5, 0.6) is 0 Å². The van der Waals surface area contributed by atoms with Gasteiger partial charge in [-0.2, -0.15) is 5.26 Å². The highest BCUT2D eigenvalue weighted by Gasteiger charge is 2.09. The maximum atomic E-state index is 12.4. The predicted octanol–water partition coefficient (Wildman–Crippen LogP) is 2.24. The summed E-state index contributed by atoms with van der Waals surface area (Å²) in [7, 11) is 0. The molecule has 130 valence electrons. The largest absolute Gasteiger partial charge is 0.326 e. The second-order valence-electron chi connectivity index (χ2n) is 5.55. The van der Waals surface area contributed by atoms with Crippen molar-refractivity contribution < 1.29 is 4.79 Å². The van der Waals surface area contributed by atoms with E-state index in [1.165, 1.54) is 12.1 Å². The van der Waals surface area contributed by atoms with E-state index in [4.69, 9.17) is 16.9 Å². The van der Waals surface area contributed by atoms with Gasteiger partial charge in [0.25, 0.3) is 11.1 Å². The average molecular weight is 369 g/mol. The maximum absolute atomic E-state index is 12.4. The smallest absolute Gasteiger partial charge is 0.273 e. The molecule has 0 spiro atoms. The van der Waals surface area contributed by atoms with Crippen LogP contribution in [0.15, 0.2) is 52.1 Å². The SMILES string of the molecule is N#Cc1ccc(NC(=O)CCn2[nH]c(=O)c3ccccc3c2=O)cc1Cl. The number of hydrogen-bond acceptors (Lipinski definition) is 4. The summed E-state index contributed by atoms with van der Waals surface area (Å²) in [5, 5.41) is 14.8. The number of aryl methyl sites for hydroxylation is 1. The van der Waals surface area contributed by atoms with Crippen LogP contribution in [0, 0.1) is 11.3 Å². The minimum atomic E-state index is -0.389. The normalized spacial score (nSPS) is 10.5. The standard InChI is InChI=1S/C18H13ClN4O3/c19-15-9-12(6-5-11(15)10-20)21-16(24)7-8-23-18(26)14-4-2-1-3-13(14)17(25)22-23/h1-6,9H,7-8H2,(H,21,24)(H,22,25). The van der Waals surface area contributed by atoms with Crippen molar-refractivity contribution in [3.8, 4) is 6.07 Å². The molecule has 2 aromatic carbocycles. The summed E-state index contributed by atoms with van der Waals surface area (Å²) in [5.41, 5.74) is -0.00258. The fraction of sp³-hybridized carbons (Fsp3) is 0.111. The molecule has 0 aliphatic heterocycles. The summed E-state index contributed by atoms with van der Waals surface area (Å²) in [6, 6.07) is 13.0. The van der Waals surface area contributed by atoms with Crippen LogP contribution >= 0.6 is 11.6 Å². The van der Waals surface area contributed by atoms with Crippen LogP contribution < -0.4 is 16.4 Å².